The van der Waals surface area contributed by atoms with E-state index in [1.807, 2.05) is 54.6 Å². The molecule has 8 nitrogen and oxygen atoms in total. The minimum absolute atomic E-state index is 0.101. The van der Waals surface area contributed by atoms with Crippen molar-refractivity contribution in [2.45, 2.75) is 18.7 Å². The van der Waals surface area contributed by atoms with Crippen molar-refractivity contribution in [1.29, 1.82) is 5.26 Å². The zero-order valence-electron chi connectivity index (χ0n) is 20.0. The predicted molar refractivity (Wildman–Crippen MR) is 143 cm³/mol. The molecule has 186 valence electrons. The Kier molecular flexibility index (Phi) is 7.53. The van der Waals surface area contributed by atoms with Crippen LogP contribution >= 0.6 is 11.6 Å². The lowest BCUT2D eigenvalue weighted by molar-refractivity contribution is -0.123. The van der Waals surface area contributed by atoms with Gasteiger partial charge < -0.3 is 5.32 Å². The van der Waals surface area contributed by atoms with Crippen molar-refractivity contribution in [3.8, 4) is 28.5 Å². The third-order valence-electron chi connectivity index (χ3n) is 5.59. The van der Waals surface area contributed by atoms with Gasteiger partial charge in [0.1, 0.15) is 6.54 Å². The number of sulfonamides is 1. The molecular formula is C27H22ClN5O3S. The maximum atomic E-state index is 12.8. The van der Waals surface area contributed by atoms with E-state index >= 15 is 0 Å². The summed E-state index contributed by atoms with van der Waals surface area (Å²) < 4.78 is 26.2. The van der Waals surface area contributed by atoms with Crippen molar-refractivity contribution < 1.29 is 13.2 Å². The van der Waals surface area contributed by atoms with Crippen molar-refractivity contribution in [2.24, 2.45) is 0 Å². The second-order valence-electron chi connectivity index (χ2n) is 8.13. The summed E-state index contributed by atoms with van der Waals surface area (Å²) in [6.45, 7) is 2.25. The molecule has 0 saturated heterocycles. The van der Waals surface area contributed by atoms with Crippen LogP contribution in [0.15, 0.2) is 83.9 Å². The summed E-state index contributed by atoms with van der Waals surface area (Å²) in [5, 5.41) is 12.4. The number of carbonyl (C=O) groups excluding carboxylic acids is 1. The number of carbonyl (C=O) groups is 1. The average molecular weight is 532 g/mol. The van der Waals surface area contributed by atoms with Crippen LogP contribution in [0.4, 0.5) is 11.6 Å². The molecule has 3 aromatic carbocycles. The highest BCUT2D eigenvalue weighted by Gasteiger charge is 2.27. The molecule has 1 N–H and O–H groups in total. The topological polar surface area (TPSA) is 116 Å². The van der Waals surface area contributed by atoms with Gasteiger partial charge >= 0.3 is 0 Å². The van der Waals surface area contributed by atoms with Crippen LogP contribution < -0.4 is 5.32 Å². The van der Waals surface area contributed by atoms with Crippen LogP contribution in [0.2, 0.25) is 5.02 Å². The molecule has 1 heterocycles. The van der Waals surface area contributed by atoms with Gasteiger partial charge in [-0.2, -0.15) is 5.26 Å². The number of nitriles is 1. The number of halogens is 1. The van der Waals surface area contributed by atoms with Crippen molar-refractivity contribution in [1.82, 2.24) is 14.3 Å². The van der Waals surface area contributed by atoms with Gasteiger partial charge in [0.2, 0.25) is 11.9 Å². The lowest BCUT2D eigenvalue weighted by Gasteiger charge is -2.18. The van der Waals surface area contributed by atoms with E-state index in [2.05, 4.69) is 15.3 Å². The van der Waals surface area contributed by atoms with Crippen molar-refractivity contribution >= 4 is 39.2 Å². The highest BCUT2D eigenvalue weighted by atomic mass is 35.5. The van der Waals surface area contributed by atoms with Crippen LogP contribution in [0.3, 0.4) is 0 Å². The molecule has 1 amide bonds. The Hall–Kier alpha value is -4.26. The Labute approximate surface area is 220 Å². The molecular weight excluding hydrogens is 510 g/mol. The maximum Gasteiger partial charge on any atom is 0.267 e. The second-order valence-corrected chi connectivity index (χ2v) is 10.4. The summed E-state index contributed by atoms with van der Waals surface area (Å²) >= 11 is 6.44. The number of nitrogens with one attached hydrogen (secondary N) is 1. The van der Waals surface area contributed by atoms with Crippen molar-refractivity contribution in [3.05, 3.63) is 89.6 Å². The number of nitrogens with zero attached hydrogens (tertiary/aromatic N) is 4. The number of hydrogen-bond acceptors (Lipinski definition) is 7. The number of aryl methyl sites for hydroxylation is 1. The smallest absolute Gasteiger partial charge is 0.267 e. The molecule has 4 rings (SSSR count). The number of amides is 1. The second kappa shape index (κ2) is 10.8. The SMILES string of the molecule is CC(=O)N(CC#N)S(=O)(=O)c1ccc(Nc2ncc(Cl)c(-c3cccc(-c4ccccc4)c3)n2)c(C)c1. The summed E-state index contributed by atoms with van der Waals surface area (Å²) in [4.78, 5) is 20.5. The lowest BCUT2D eigenvalue weighted by Crippen LogP contribution is -2.35. The van der Waals surface area contributed by atoms with Crippen LogP contribution in [-0.2, 0) is 14.8 Å². The molecule has 0 saturated carbocycles. The number of aromatic nitrogens is 2. The average Bonchev–Trinajstić information content (AvgIpc) is 2.89. The number of hydrogen-bond donors (Lipinski definition) is 1. The van der Waals surface area contributed by atoms with Gasteiger partial charge in [0.25, 0.3) is 10.0 Å². The Bertz CT molecular complexity index is 1620. The molecule has 4 aromatic rings. The highest BCUT2D eigenvalue weighted by Crippen LogP contribution is 2.31. The van der Waals surface area contributed by atoms with Gasteiger partial charge in [-0.15, -0.1) is 0 Å². The van der Waals surface area contributed by atoms with Crippen molar-refractivity contribution in [2.75, 3.05) is 11.9 Å². The molecule has 37 heavy (non-hydrogen) atoms. The van der Waals surface area contributed by atoms with Crippen molar-refractivity contribution in [3.63, 3.8) is 0 Å². The number of anilines is 2. The quantitative estimate of drug-likeness (QED) is 0.309. The normalized spacial score (nSPS) is 11.0. The zero-order valence-corrected chi connectivity index (χ0v) is 21.6. The molecule has 0 aliphatic carbocycles. The number of benzene rings is 3. The third kappa shape index (κ3) is 5.61. The first-order chi connectivity index (χ1) is 17.7. The molecule has 0 bridgehead atoms. The first-order valence-electron chi connectivity index (χ1n) is 11.2. The van der Waals surface area contributed by atoms with E-state index in [-0.39, 0.29) is 10.8 Å². The molecule has 0 fully saturated rings. The fourth-order valence-electron chi connectivity index (χ4n) is 3.72. The molecule has 0 aliphatic rings. The van der Waals surface area contributed by atoms with Gasteiger partial charge in [-0.1, -0.05) is 60.1 Å². The highest BCUT2D eigenvalue weighted by molar-refractivity contribution is 7.89. The Balaban J connectivity index is 1.63. The largest absolute Gasteiger partial charge is 0.324 e. The van der Waals surface area contributed by atoms with E-state index < -0.39 is 22.5 Å². The summed E-state index contributed by atoms with van der Waals surface area (Å²) in [5.74, 6) is -0.460. The van der Waals surface area contributed by atoms with E-state index in [9.17, 15) is 13.2 Å². The third-order valence-corrected chi connectivity index (χ3v) is 7.68. The van der Waals surface area contributed by atoms with Gasteiger partial charge in [0.15, 0.2) is 0 Å². The summed E-state index contributed by atoms with van der Waals surface area (Å²) in [7, 11) is -4.17. The minimum atomic E-state index is -4.17. The maximum absolute atomic E-state index is 12.8. The minimum Gasteiger partial charge on any atom is -0.324 e. The molecule has 1 aromatic heterocycles. The summed E-state index contributed by atoms with van der Waals surface area (Å²) in [6.07, 6.45) is 1.50. The Morgan fingerprint density at radius 1 is 1.03 bits per heavy atom. The van der Waals surface area contributed by atoms with Gasteiger partial charge in [0.05, 0.1) is 27.9 Å². The molecule has 0 atom stereocenters. The van der Waals surface area contributed by atoms with E-state index in [1.165, 1.54) is 18.3 Å². The molecule has 0 aliphatic heterocycles. The molecule has 10 heteroatoms. The molecule has 0 radical (unpaired) electrons. The Morgan fingerprint density at radius 3 is 2.41 bits per heavy atom. The lowest BCUT2D eigenvalue weighted by atomic mass is 10.0. The van der Waals surface area contributed by atoms with Gasteiger partial charge in [-0.05, 0) is 47.9 Å². The summed E-state index contributed by atoms with van der Waals surface area (Å²) in [5.41, 5.74) is 4.59. The van der Waals surface area contributed by atoms with Crippen LogP contribution in [0.25, 0.3) is 22.4 Å². The monoisotopic (exact) mass is 531 g/mol. The molecule has 0 unspecified atom stereocenters. The standard InChI is InChI=1S/C27H22ClN5O3S/c1-18-15-23(37(35,36)33(14-13-29)19(2)34)11-12-25(18)31-27-30-17-24(28)26(32-27)22-10-6-9-21(16-22)20-7-4-3-5-8-20/h3-12,15-17H,14H2,1-2H3,(H,30,31,32). The van der Waals surface area contributed by atoms with E-state index in [4.69, 9.17) is 16.9 Å². The van der Waals surface area contributed by atoms with Crippen LogP contribution in [-0.4, -0.2) is 35.1 Å². The van der Waals surface area contributed by atoms with E-state index in [1.54, 1.807) is 19.1 Å². The fraction of sp³-hybridized carbons (Fsp3) is 0.111. The van der Waals surface area contributed by atoms with E-state index in [0.29, 0.717) is 26.3 Å². The first-order valence-corrected chi connectivity index (χ1v) is 13.0. The van der Waals surface area contributed by atoms with Gasteiger partial charge in [-0.3, -0.25) is 4.79 Å². The molecule has 0 spiro atoms. The zero-order chi connectivity index (χ0) is 26.6. The predicted octanol–water partition coefficient (Wildman–Crippen LogP) is 5.58. The van der Waals surface area contributed by atoms with Gasteiger partial charge in [0, 0.05) is 18.2 Å². The van der Waals surface area contributed by atoms with Crippen LogP contribution in [0.1, 0.15) is 12.5 Å². The summed E-state index contributed by atoms with van der Waals surface area (Å²) in [6, 6.07) is 23.9. The van der Waals surface area contributed by atoms with E-state index in [0.717, 1.165) is 23.6 Å². The number of rotatable bonds is 7. The Morgan fingerprint density at radius 2 is 1.73 bits per heavy atom. The fourth-order valence-corrected chi connectivity index (χ4v) is 5.31. The first kappa shape index (κ1) is 25.8. The van der Waals surface area contributed by atoms with Crippen LogP contribution in [0.5, 0.6) is 0 Å². The van der Waals surface area contributed by atoms with Gasteiger partial charge in [-0.25, -0.2) is 22.7 Å². The van der Waals surface area contributed by atoms with Crippen LogP contribution in [0, 0.1) is 18.3 Å².